The van der Waals surface area contributed by atoms with E-state index in [4.69, 9.17) is 10.8 Å². The van der Waals surface area contributed by atoms with Gasteiger partial charge in [-0.2, -0.15) is 0 Å². The van der Waals surface area contributed by atoms with E-state index in [0.717, 1.165) is 12.8 Å². The zero-order chi connectivity index (χ0) is 14.5. The number of carboxylic acids is 1. The molecule has 0 aliphatic heterocycles. The number of carbonyl (C=O) groups excluding carboxylic acids is 1. The molecule has 0 unspecified atom stereocenters. The zero-order valence-corrected chi connectivity index (χ0v) is 11.2. The highest BCUT2D eigenvalue weighted by Gasteiger charge is 2.26. The van der Waals surface area contributed by atoms with Gasteiger partial charge in [0.15, 0.2) is 5.69 Å². The molecule has 1 heterocycles. The normalized spacial score (nSPS) is 22.2. The molecule has 1 aliphatic carbocycles. The van der Waals surface area contributed by atoms with Crippen molar-refractivity contribution in [2.75, 3.05) is 12.3 Å². The number of amides is 1. The van der Waals surface area contributed by atoms with Crippen LogP contribution in [0, 0.1) is 11.8 Å². The van der Waals surface area contributed by atoms with Crippen LogP contribution in [0.2, 0.25) is 0 Å². The third-order valence-electron chi connectivity index (χ3n) is 3.80. The molecule has 1 aromatic rings. The third-order valence-corrected chi connectivity index (χ3v) is 3.80. The van der Waals surface area contributed by atoms with Crippen LogP contribution in [0.4, 0.5) is 5.69 Å². The summed E-state index contributed by atoms with van der Waals surface area (Å²) >= 11 is 0. The molecule has 0 aromatic carbocycles. The van der Waals surface area contributed by atoms with Gasteiger partial charge in [-0.15, -0.1) is 0 Å². The van der Waals surface area contributed by atoms with Gasteiger partial charge in [0.1, 0.15) is 0 Å². The minimum atomic E-state index is -0.714. The van der Waals surface area contributed by atoms with E-state index in [1.165, 1.54) is 6.20 Å². The minimum absolute atomic E-state index is 0.228. The van der Waals surface area contributed by atoms with Crippen LogP contribution >= 0.6 is 0 Å². The van der Waals surface area contributed by atoms with Gasteiger partial charge in [0.2, 0.25) is 0 Å². The number of aliphatic carboxylic acids is 1. The molecule has 2 rings (SSSR count). The SMILES string of the molecule is Nc1cccnc1C(=O)NCC1CCC(C(=O)O)CC1. The van der Waals surface area contributed by atoms with Crippen molar-refractivity contribution in [3.63, 3.8) is 0 Å². The number of nitrogens with zero attached hydrogens (tertiary/aromatic N) is 1. The molecule has 0 spiro atoms. The van der Waals surface area contributed by atoms with Gasteiger partial charge in [0.25, 0.3) is 5.91 Å². The first-order valence-corrected chi connectivity index (χ1v) is 6.79. The molecule has 0 atom stereocenters. The quantitative estimate of drug-likeness (QED) is 0.769. The molecule has 1 amide bonds. The number of nitrogen functional groups attached to an aromatic ring is 1. The number of pyridine rings is 1. The topological polar surface area (TPSA) is 105 Å². The second-order valence-electron chi connectivity index (χ2n) is 5.21. The summed E-state index contributed by atoms with van der Waals surface area (Å²) in [4.78, 5) is 26.8. The van der Waals surface area contributed by atoms with Crippen LogP contribution in [0.25, 0.3) is 0 Å². The summed E-state index contributed by atoms with van der Waals surface area (Å²) in [6, 6.07) is 3.32. The second-order valence-corrected chi connectivity index (χ2v) is 5.21. The highest BCUT2D eigenvalue weighted by atomic mass is 16.4. The minimum Gasteiger partial charge on any atom is -0.481 e. The molecule has 1 aliphatic rings. The first-order chi connectivity index (χ1) is 9.58. The molecule has 4 N–H and O–H groups in total. The Morgan fingerprint density at radius 3 is 2.65 bits per heavy atom. The van der Waals surface area contributed by atoms with Crippen LogP contribution in [-0.2, 0) is 4.79 Å². The fourth-order valence-corrected chi connectivity index (χ4v) is 2.54. The lowest BCUT2D eigenvalue weighted by Crippen LogP contribution is -2.33. The van der Waals surface area contributed by atoms with Crippen LogP contribution in [0.1, 0.15) is 36.2 Å². The highest BCUT2D eigenvalue weighted by molar-refractivity contribution is 5.96. The number of aromatic nitrogens is 1. The fourth-order valence-electron chi connectivity index (χ4n) is 2.54. The number of hydrogen-bond acceptors (Lipinski definition) is 4. The maximum atomic E-state index is 11.9. The van der Waals surface area contributed by atoms with E-state index in [1.54, 1.807) is 12.1 Å². The Hall–Kier alpha value is -2.11. The van der Waals surface area contributed by atoms with Crippen molar-refractivity contribution < 1.29 is 14.7 Å². The van der Waals surface area contributed by atoms with Gasteiger partial charge < -0.3 is 16.2 Å². The first kappa shape index (κ1) is 14.3. The van der Waals surface area contributed by atoms with Crippen molar-refractivity contribution in [2.24, 2.45) is 11.8 Å². The number of carbonyl (C=O) groups is 2. The predicted octanol–water partition coefficient (Wildman–Crippen LogP) is 1.28. The Labute approximate surface area is 117 Å². The standard InChI is InChI=1S/C14H19N3O3/c15-11-2-1-7-16-12(11)13(18)17-8-9-3-5-10(6-4-9)14(19)20/h1-2,7,9-10H,3-6,8,15H2,(H,17,18)(H,19,20). The maximum absolute atomic E-state index is 11.9. The molecule has 6 heteroatoms. The van der Waals surface area contributed by atoms with E-state index >= 15 is 0 Å². The van der Waals surface area contributed by atoms with E-state index in [0.29, 0.717) is 31.0 Å². The maximum Gasteiger partial charge on any atom is 0.306 e. The van der Waals surface area contributed by atoms with Crippen molar-refractivity contribution in [1.29, 1.82) is 0 Å². The Balaban J connectivity index is 1.80. The van der Waals surface area contributed by atoms with Crippen LogP contribution in [0.15, 0.2) is 18.3 Å². The number of rotatable bonds is 4. The van der Waals surface area contributed by atoms with Crippen molar-refractivity contribution >= 4 is 17.6 Å². The van der Waals surface area contributed by atoms with Gasteiger partial charge in [-0.05, 0) is 43.7 Å². The summed E-state index contributed by atoms with van der Waals surface area (Å²) in [5, 5.41) is 11.8. The van der Waals surface area contributed by atoms with E-state index in [9.17, 15) is 9.59 Å². The number of anilines is 1. The number of nitrogens with two attached hydrogens (primary N) is 1. The number of nitrogens with one attached hydrogen (secondary N) is 1. The van der Waals surface area contributed by atoms with Crippen LogP contribution < -0.4 is 11.1 Å². The molecular formula is C14H19N3O3. The summed E-state index contributed by atoms with van der Waals surface area (Å²) in [7, 11) is 0. The summed E-state index contributed by atoms with van der Waals surface area (Å²) in [5.41, 5.74) is 6.30. The fraction of sp³-hybridized carbons (Fsp3) is 0.500. The average molecular weight is 277 g/mol. The zero-order valence-electron chi connectivity index (χ0n) is 11.2. The summed E-state index contributed by atoms with van der Waals surface area (Å²) < 4.78 is 0. The summed E-state index contributed by atoms with van der Waals surface area (Å²) in [5.74, 6) is -0.884. The van der Waals surface area contributed by atoms with Crippen molar-refractivity contribution in [3.8, 4) is 0 Å². The Kier molecular flexibility index (Phi) is 4.55. The van der Waals surface area contributed by atoms with E-state index in [1.807, 2.05) is 0 Å². The monoisotopic (exact) mass is 277 g/mol. The van der Waals surface area contributed by atoms with Crippen molar-refractivity contribution in [2.45, 2.75) is 25.7 Å². The molecule has 0 radical (unpaired) electrons. The van der Waals surface area contributed by atoms with Gasteiger partial charge >= 0.3 is 5.97 Å². The molecule has 1 saturated carbocycles. The third kappa shape index (κ3) is 3.46. The average Bonchev–Trinajstić information content (AvgIpc) is 2.45. The van der Waals surface area contributed by atoms with Crippen LogP contribution in [0.5, 0.6) is 0 Å². The Morgan fingerprint density at radius 1 is 1.35 bits per heavy atom. The number of carboxylic acid groups (broad SMARTS) is 1. The highest BCUT2D eigenvalue weighted by Crippen LogP contribution is 2.28. The van der Waals surface area contributed by atoms with Gasteiger partial charge in [0.05, 0.1) is 11.6 Å². The largest absolute Gasteiger partial charge is 0.481 e. The summed E-state index contributed by atoms with van der Waals surface area (Å²) in [6.07, 6.45) is 4.55. The smallest absolute Gasteiger partial charge is 0.306 e. The van der Waals surface area contributed by atoms with Gasteiger partial charge in [-0.1, -0.05) is 0 Å². The molecule has 0 saturated heterocycles. The molecule has 0 bridgehead atoms. The molecular weight excluding hydrogens is 258 g/mol. The predicted molar refractivity (Wildman–Crippen MR) is 74.1 cm³/mol. The Bertz CT molecular complexity index is 496. The van der Waals surface area contributed by atoms with Crippen molar-refractivity contribution in [1.82, 2.24) is 10.3 Å². The van der Waals surface area contributed by atoms with Crippen LogP contribution in [-0.4, -0.2) is 28.5 Å². The van der Waals surface area contributed by atoms with Crippen LogP contribution in [0.3, 0.4) is 0 Å². The molecule has 6 nitrogen and oxygen atoms in total. The molecule has 108 valence electrons. The number of hydrogen-bond donors (Lipinski definition) is 3. The molecule has 1 fully saturated rings. The van der Waals surface area contributed by atoms with Gasteiger partial charge in [-0.25, -0.2) is 4.98 Å². The molecule has 20 heavy (non-hydrogen) atoms. The second kappa shape index (κ2) is 6.36. The van der Waals surface area contributed by atoms with E-state index in [-0.39, 0.29) is 17.5 Å². The first-order valence-electron chi connectivity index (χ1n) is 6.79. The summed E-state index contributed by atoms with van der Waals surface area (Å²) in [6.45, 7) is 0.543. The van der Waals surface area contributed by atoms with Gasteiger partial charge in [-0.3, -0.25) is 9.59 Å². The van der Waals surface area contributed by atoms with Gasteiger partial charge in [0, 0.05) is 12.7 Å². The Morgan fingerprint density at radius 2 is 2.05 bits per heavy atom. The lowest BCUT2D eigenvalue weighted by Gasteiger charge is -2.26. The molecule has 1 aromatic heterocycles. The van der Waals surface area contributed by atoms with E-state index in [2.05, 4.69) is 10.3 Å². The lowest BCUT2D eigenvalue weighted by atomic mass is 9.82. The van der Waals surface area contributed by atoms with Crippen molar-refractivity contribution in [3.05, 3.63) is 24.0 Å². The van der Waals surface area contributed by atoms with E-state index < -0.39 is 5.97 Å². The lowest BCUT2D eigenvalue weighted by molar-refractivity contribution is -0.143.